The van der Waals surface area contributed by atoms with Crippen LogP contribution >= 0.6 is 0 Å². The minimum atomic E-state index is -3.74. The Kier molecular flexibility index (Phi) is 6.42. The molecule has 156 valence electrons. The molecule has 0 fully saturated rings. The van der Waals surface area contributed by atoms with E-state index in [1.54, 1.807) is 36.4 Å². The van der Waals surface area contributed by atoms with Gasteiger partial charge in [0.1, 0.15) is 5.75 Å². The number of anilines is 2. The van der Waals surface area contributed by atoms with Gasteiger partial charge in [-0.15, -0.1) is 0 Å². The van der Waals surface area contributed by atoms with Crippen molar-refractivity contribution >= 4 is 27.3 Å². The zero-order chi connectivity index (χ0) is 21.7. The summed E-state index contributed by atoms with van der Waals surface area (Å²) in [5, 5.41) is 2.84. The van der Waals surface area contributed by atoms with Crippen molar-refractivity contribution in [3.8, 4) is 5.75 Å². The topological polar surface area (TPSA) is 84.5 Å². The molecule has 0 unspecified atom stereocenters. The van der Waals surface area contributed by atoms with E-state index in [2.05, 4.69) is 23.9 Å². The van der Waals surface area contributed by atoms with Crippen LogP contribution in [0.1, 0.15) is 35.7 Å². The number of sulfonamides is 1. The van der Waals surface area contributed by atoms with Crippen LogP contribution in [0.2, 0.25) is 0 Å². The van der Waals surface area contributed by atoms with E-state index >= 15 is 0 Å². The Hall–Kier alpha value is -3.32. The van der Waals surface area contributed by atoms with E-state index in [-0.39, 0.29) is 10.8 Å². The summed E-state index contributed by atoms with van der Waals surface area (Å²) in [5.74, 6) is 0.726. The third kappa shape index (κ3) is 5.18. The van der Waals surface area contributed by atoms with Crippen LogP contribution < -0.4 is 14.8 Å². The Balaban J connectivity index is 1.67. The Bertz CT molecular complexity index is 1110. The Morgan fingerprint density at radius 2 is 1.40 bits per heavy atom. The molecule has 3 aromatic rings. The highest BCUT2D eigenvalue weighted by Crippen LogP contribution is 2.21. The number of rotatable bonds is 7. The van der Waals surface area contributed by atoms with E-state index in [9.17, 15) is 13.2 Å². The standard InChI is InChI=1S/C23H24N2O4S/c1-16(2)17-4-8-19(9-5-17)24-23(26)18-6-10-20(11-7-18)25-30(27,28)22-14-12-21(29-3)13-15-22/h4-16,25H,1-3H3,(H,24,26). The molecule has 0 saturated carbocycles. The van der Waals surface area contributed by atoms with Crippen molar-refractivity contribution in [2.45, 2.75) is 24.7 Å². The largest absolute Gasteiger partial charge is 0.497 e. The molecule has 3 aromatic carbocycles. The van der Waals surface area contributed by atoms with E-state index in [1.807, 2.05) is 24.3 Å². The van der Waals surface area contributed by atoms with Crippen LogP contribution in [0.4, 0.5) is 11.4 Å². The molecule has 0 spiro atoms. The van der Waals surface area contributed by atoms with Gasteiger partial charge in [0.05, 0.1) is 12.0 Å². The van der Waals surface area contributed by atoms with Gasteiger partial charge in [0, 0.05) is 16.9 Å². The third-order valence-corrected chi connectivity index (χ3v) is 6.00. The van der Waals surface area contributed by atoms with Gasteiger partial charge in [-0.3, -0.25) is 9.52 Å². The molecule has 7 heteroatoms. The highest BCUT2D eigenvalue weighted by molar-refractivity contribution is 7.92. The highest BCUT2D eigenvalue weighted by Gasteiger charge is 2.15. The second-order valence-corrected chi connectivity index (χ2v) is 8.77. The molecule has 0 bridgehead atoms. The third-order valence-electron chi connectivity index (χ3n) is 4.60. The summed E-state index contributed by atoms with van der Waals surface area (Å²) in [4.78, 5) is 12.6. The van der Waals surface area contributed by atoms with Gasteiger partial charge >= 0.3 is 0 Å². The van der Waals surface area contributed by atoms with Crippen LogP contribution in [0.3, 0.4) is 0 Å². The summed E-state index contributed by atoms with van der Waals surface area (Å²) in [6, 6.07) is 20.0. The van der Waals surface area contributed by atoms with Crippen molar-refractivity contribution in [3.05, 3.63) is 83.9 Å². The Labute approximate surface area is 177 Å². The Morgan fingerprint density at radius 1 is 0.833 bits per heavy atom. The number of hydrogen-bond acceptors (Lipinski definition) is 4. The smallest absolute Gasteiger partial charge is 0.261 e. The minimum absolute atomic E-state index is 0.120. The molecule has 0 aromatic heterocycles. The molecule has 0 aliphatic heterocycles. The summed E-state index contributed by atoms with van der Waals surface area (Å²) in [5.41, 5.74) is 2.69. The van der Waals surface area contributed by atoms with Crippen LogP contribution in [0, 0.1) is 0 Å². The van der Waals surface area contributed by atoms with Crippen molar-refractivity contribution in [1.29, 1.82) is 0 Å². The quantitative estimate of drug-likeness (QED) is 0.567. The SMILES string of the molecule is COc1ccc(S(=O)(=O)Nc2ccc(C(=O)Nc3ccc(C(C)C)cc3)cc2)cc1. The minimum Gasteiger partial charge on any atom is -0.497 e. The van der Waals surface area contributed by atoms with E-state index in [0.29, 0.717) is 28.6 Å². The van der Waals surface area contributed by atoms with Crippen molar-refractivity contribution in [3.63, 3.8) is 0 Å². The first-order chi connectivity index (χ1) is 14.3. The lowest BCUT2D eigenvalue weighted by molar-refractivity contribution is 0.102. The van der Waals surface area contributed by atoms with E-state index in [4.69, 9.17) is 4.74 Å². The first kappa shape index (κ1) is 21.4. The average molecular weight is 425 g/mol. The lowest BCUT2D eigenvalue weighted by Crippen LogP contribution is -2.14. The van der Waals surface area contributed by atoms with Gasteiger partial charge < -0.3 is 10.1 Å². The van der Waals surface area contributed by atoms with Crippen LogP contribution in [0.25, 0.3) is 0 Å². The number of ether oxygens (including phenoxy) is 1. The monoisotopic (exact) mass is 424 g/mol. The number of amides is 1. The molecule has 1 amide bonds. The van der Waals surface area contributed by atoms with Gasteiger partial charge in [-0.1, -0.05) is 26.0 Å². The maximum atomic E-state index is 12.5. The number of hydrogen-bond donors (Lipinski definition) is 2. The van der Waals surface area contributed by atoms with Gasteiger partial charge in [0.15, 0.2) is 0 Å². The molecule has 0 aliphatic rings. The molecule has 2 N–H and O–H groups in total. The summed E-state index contributed by atoms with van der Waals surface area (Å²) < 4.78 is 32.6. The molecule has 0 radical (unpaired) electrons. The van der Waals surface area contributed by atoms with Crippen LogP contribution in [-0.4, -0.2) is 21.4 Å². The van der Waals surface area contributed by atoms with Crippen molar-refractivity contribution in [1.82, 2.24) is 0 Å². The second kappa shape index (κ2) is 9.00. The lowest BCUT2D eigenvalue weighted by Gasteiger charge is -2.10. The van der Waals surface area contributed by atoms with Crippen LogP contribution in [0.15, 0.2) is 77.7 Å². The van der Waals surface area contributed by atoms with Gasteiger partial charge in [0.2, 0.25) is 0 Å². The maximum absolute atomic E-state index is 12.5. The predicted molar refractivity (Wildman–Crippen MR) is 119 cm³/mol. The van der Waals surface area contributed by atoms with Gasteiger partial charge in [-0.05, 0) is 72.1 Å². The fourth-order valence-electron chi connectivity index (χ4n) is 2.81. The maximum Gasteiger partial charge on any atom is 0.261 e. The van der Waals surface area contributed by atoms with E-state index in [0.717, 1.165) is 0 Å². The molecule has 0 saturated heterocycles. The number of carbonyl (C=O) groups excluding carboxylic acids is 1. The van der Waals surface area contributed by atoms with Crippen molar-refractivity contribution in [2.24, 2.45) is 0 Å². The van der Waals surface area contributed by atoms with E-state index in [1.165, 1.54) is 24.8 Å². The average Bonchev–Trinajstić information content (AvgIpc) is 2.74. The second-order valence-electron chi connectivity index (χ2n) is 7.09. The fourth-order valence-corrected chi connectivity index (χ4v) is 3.87. The number of carbonyl (C=O) groups is 1. The zero-order valence-corrected chi connectivity index (χ0v) is 17.9. The summed E-state index contributed by atoms with van der Waals surface area (Å²) in [6.07, 6.45) is 0. The zero-order valence-electron chi connectivity index (χ0n) is 17.0. The molecular formula is C23H24N2O4S. The summed E-state index contributed by atoms with van der Waals surface area (Å²) in [6.45, 7) is 4.22. The number of benzene rings is 3. The number of methoxy groups -OCH3 is 1. The van der Waals surface area contributed by atoms with Crippen LogP contribution in [-0.2, 0) is 10.0 Å². The van der Waals surface area contributed by atoms with E-state index < -0.39 is 10.0 Å². The molecule has 3 rings (SSSR count). The highest BCUT2D eigenvalue weighted by atomic mass is 32.2. The molecule has 0 aliphatic carbocycles. The Morgan fingerprint density at radius 3 is 1.93 bits per heavy atom. The first-order valence-electron chi connectivity index (χ1n) is 9.47. The predicted octanol–water partition coefficient (Wildman–Crippen LogP) is 4.87. The van der Waals surface area contributed by atoms with Crippen LogP contribution in [0.5, 0.6) is 5.75 Å². The molecular weight excluding hydrogens is 400 g/mol. The molecule has 30 heavy (non-hydrogen) atoms. The normalized spacial score (nSPS) is 11.2. The first-order valence-corrected chi connectivity index (χ1v) is 10.9. The lowest BCUT2D eigenvalue weighted by atomic mass is 10.0. The molecule has 0 atom stereocenters. The van der Waals surface area contributed by atoms with Crippen molar-refractivity contribution < 1.29 is 17.9 Å². The number of nitrogens with one attached hydrogen (secondary N) is 2. The van der Waals surface area contributed by atoms with Crippen molar-refractivity contribution in [2.75, 3.05) is 17.1 Å². The molecule has 6 nitrogen and oxygen atoms in total. The molecule has 0 heterocycles. The fraction of sp³-hybridized carbons (Fsp3) is 0.174. The van der Waals surface area contributed by atoms with Gasteiger partial charge in [-0.25, -0.2) is 8.42 Å². The van der Waals surface area contributed by atoms with Gasteiger partial charge in [0.25, 0.3) is 15.9 Å². The summed E-state index contributed by atoms with van der Waals surface area (Å²) >= 11 is 0. The summed E-state index contributed by atoms with van der Waals surface area (Å²) in [7, 11) is -2.22. The van der Waals surface area contributed by atoms with Gasteiger partial charge in [-0.2, -0.15) is 0 Å².